The SMILES string of the molecule is Cc1ccc(C(=O)Nc2sc(C(=O)OC(C)C)c(C)c2C(=O)OC(C)C)o1. The normalized spacial score (nSPS) is 11.0. The molecule has 2 heterocycles. The monoisotopic (exact) mass is 393 g/mol. The quantitative estimate of drug-likeness (QED) is 0.734. The van der Waals surface area contributed by atoms with E-state index in [9.17, 15) is 14.4 Å². The van der Waals surface area contributed by atoms with Crippen molar-refractivity contribution in [3.05, 3.63) is 39.7 Å². The van der Waals surface area contributed by atoms with Gasteiger partial charge in [-0.3, -0.25) is 4.79 Å². The van der Waals surface area contributed by atoms with Gasteiger partial charge >= 0.3 is 11.9 Å². The molecule has 0 aliphatic carbocycles. The summed E-state index contributed by atoms with van der Waals surface area (Å²) in [5.41, 5.74) is 0.545. The van der Waals surface area contributed by atoms with E-state index in [0.29, 0.717) is 11.3 Å². The van der Waals surface area contributed by atoms with Crippen molar-refractivity contribution in [2.75, 3.05) is 5.32 Å². The largest absolute Gasteiger partial charge is 0.459 e. The molecule has 2 rings (SSSR count). The molecule has 146 valence electrons. The molecule has 1 N–H and O–H groups in total. The predicted octanol–water partition coefficient (Wildman–Crippen LogP) is 4.34. The fraction of sp³-hybridized carbons (Fsp3) is 0.421. The molecule has 2 aromatic rings. The number of rotatable bonds is 6. The Labute approximate surface area is 161 Å². The lowest BCUT2D eigenvalue weighted by molar-refractivity contribution is 0.0378. The first-order valence-electron chi connectivity index (χ1n) is 8.53. The van der Waals surface area contributed by atoms with Gasteiger partial charge in [0.25, 0.3) is 5.91 Å². The molecule has 0 bridgehead atoms. The third kappa shape index (κ3) is 4.97. The number of esters is 2. The number of furan rings is 1. The highest BCUT2D eigenvalue weighted by Gasteiger charge is 2.29. The number of hydrogen-bond acceptors (Lipinski definition) is 7. The van der Waals surface area contributed by atoms with Crippen LogP contribution in [0.5, 0.6) is 0 Å². The highest BCUT2D eigenvalue weighted by atomic mass is 32.1. The van der Waals surface area contributed by atoms with Crippen LogP contribution in [0.25, 0.3) is 0 Å². The van der Waals surface area contributed by atoms with Crippen LogP contribution in [0.4, 0.5) is 5.00 Å². The van der Waals surface area contributed by atoms with E-state index in [1.54, 1.807) is 47.6 Å². The van der Waals surface area contributed by atoms with E-state index in [4.69, 9.17) is 13.9 Å². The molecule has 0 unspecified atom stereocenters. The Bertz CT molecular complexity index is 862. The van der Waals surface area contributed by atoms with Crippen LogP contribution in [0.2, 0.25) is 0 Å². The smallest absolute Gasteiger partial charge is 0.348 e. The van der Waals surface area contributed by atoms with Crippen LogP contribution in [0.1, 0.15) is 69.6 Å². The number of carbonyl (C=O) groups is 3. The fourth-order valence-corrected chi connectivity index (χ4v) is 3.38. The number of aryl methyl sites for hydroxylation is 1. The van der Waals surface area contributed by atoms with E-state index in [0.717, 1.165) is 11.3 Å². The maximum atomic E-state index is 12.5. The van der Waals surface area contributed by atoms with E-state index in [1.807, 2.05) is 0 Å². The summed E-state index contributed by atoms with van der Waals surface area (Å²) in [6.45, 7) is 10.2. The maximum Gasteiger partial charge on any atom is 0.348 e. The summed E-state index contributed by atoms with van der Waals surface area (Å²) in [5.74, 6) is -1.00. The minimum atomic E-state index is -0.617. The van der Waals surface area contributed by atoms with Gasteiger partial charge in [0.05, 0.1) is 17.8 Å². The van der Waals surface area contributed by atoms with E-state index in [-0.39, 0.29) is 33.4 Å². The Kier molecular flexibility index (Phi) is 6.43. The topological polar surface area (TPSA) is 94.8 Å². The number of thiophene rings is 1. The second kappa shape index (κ2) is 8.39. The van der Waals surface area contributed by atoms with Gasteiger partial charge in [-0.15, -0.1) is 11.3 Å². The van der Waals surface area contributed by atoms with Crippen LogP contribution in [0.15, 0.2) is 16.5 Å². The summed E-state index contributed by atoms with van der Waals surface area (Å²) in [5, 5.41) is 2.86. The Hall–Kier alpha value is -2.61. The molecule has 7 nitrogen and oxygen atoms in total. The first-order valence-corrected chi connectivity index (χ1v) is 9.35. The lowest BCUT2D eigenvalue weighted by atomic mass is 10.1. The van der Waals surface area contributed by atoms with Crippen LogP contribution in [0, 0.1) is 13.8 Å². The van der Waals surface area contributed by atoms with Crippen molar-refractivity contribution >= 4 is 34.2 Å². The van der Waals surface area contributed by atoms with Crippen molar-refractivity contribution in [1.82, 2.24) is 0 Å². The molecule has 0 radical (unpaired) electrons. The Balaban J connectivity index is 2.42. The van der Waals surface area contributed by atoms with Crippen LogP contribution in [0.3, 0.4) is 0 Å². The predicted molar refractivity (Wildman–Crippen MR) is 102 cm³/mol. The zero-order valence-electron chi connectivity index (χ0n) is 16.2. The second-order valence-corrected chi connectivity index (χ2v) is 7.55. The van der Waals surface area contributed by atoms with Crippen LogP contribution in [-0.2, 0) is 9.47 Å². The van der Waals surface area contributed by atoms with E-state index >= 15 is 0 Å². The van der Waals surface area contributed by atoms with E-state index in [1.165, 1.54) is 6.07 Å². The van der Waals surface area contributed by atoms with Gasteiger partial charge < -0.3 is 19.2 Å². The summed E-state index contributed by atoms with van der Waals surface area (Å²) in [4.78, 5) is 37.6. The summed E-state index contributed by atoms with van der Waals surface area (Å²) in [7, 11) is 0. The van der Waals surface area contributed by atoms with Gasteiger partial charge in [0, 0.05) is 0 Å². The summed E-state index contributed by atoms with van der Waals surface area (Å²) >= 11 is 0.972. The third-order valence-electron chi connectivity index (χ3n) is 3.41. The van der Waals surface area contributed by atoms with Gasteiger partial charge in [0.1, 0.15) is 15.6 Å². The molecular weight excluding hydrogens is 370 g/mol. The molecule has 0 fully saturated rings. The van der Waals surface area contributed by atoms with Crippen molar-refractivity contribution in [3.8, 4) is 0 Å². The third-order valence-corrected chi connectivity index (χ3v) is 4.60. The molecule has 0 aliphatic heterocycles. The summed E-state index contributed by atoms with van der Waals surface area (Å²) in [6, 6.07) is 3.19. The molecule has 2 aromatic heterocycles. The van der Waals surface area contributed by atoms with Crippen molar-refractivity contribution < 1.29 is 28.3 Å². The van der Waals surface area contributed by atoms with Crippen LogP contribution in [-0.4, -0.2) is 30.1 Å². The zero-order chi connectivity index (χ0) is 20.3. The number of carbonyl (C=O) groups excluding carboxylic acids is 3. The maximum absolute atomic E-state index is 12.5. The number of amides is 1. The van der Waals surface area contributed by atoms with Gasteiger partial charge in [-0.25, -0.2) is 9.59 Å². The molecule has 0 atom stereocenters. The molecule has 0 saturated carbocycles. The molecule has 0 spiro atoms. The zero-order valence-corrected chi connectivity index (χ0v) is 17.0. The average Bonchev–Trinajstić information content (AvgIpc) is 3.09. The van der Waals surface area contributed by atoms with E-state index in [2.05, 4.69) is 5.32 Å². The van der Waals surface area contributed by atoms with E-state index < -0.39 is 17.8 Å². The highest BCUT2D eigenvalue weighted by Crippen LogP contribution is 2.35. The standard InChI is InChI=1S/C19H23NO6S/c1-9(2)24-18(22)14-12(6)15(19(23)25-10(3)4)27-17(14)20-16(21)13-8-7-11(5)26-13/h7-10H,1-6H3,(H,20,21). The Morgan fingerprint density at radius 2 is 1.59 bits per heavy atom. The summed E-state index contributed by atoms with van der Waals surface area (Å²) < 4.78 is 15.8. The molecule has 1 amide bonds. The number of hydrogen-bond donors (Lipinski definition) is 1. The van der Waals surface area contributed by atoms with Crippen molar-refractivity contribution in [3.63, 3.8) is 0 Å². The Morgan fingerprint density at radius 1 is 1.00 bits per heavy atom. The molecule has 0 aromatic carbocycles. The summed E-state index contributed by atoms with van der Waals surface area (Å²) in [6.07, 6.45) is -0.659. The highest BCUT2D eigenvalue weighted by molar-refractivity contribution is 7.18. The van der Waals surface area contributed by atoms with Gasteiger partial charge in [-0.05, 0) is 59.2 Å². The van der Waals surface area contributed by atoms with Gasteiger partial charge in [0.2, 0.25) is 0 Å². The lowest BCUT2D eigenvalue weighted by Crippen LogP contribution is -2.17. The first-order chi connectivity index (χ1) is 12.6. The van der Waals surface area contributed by atoms with Gasteiger partial charge in [-0.2, -0.15) is 0 Å². The van der Waals surface area contributed by atoms with Crippen molar-refractivity contribution in [1.29, 1.82) is 0 Å². The molecule has 8 heteroatoms. The van der Waals surface area contributed by atoms with Gasteiger partial charge in [0.15, 0.2) is 5.76 Å². The van der Waals surface area contributed by atoms with Crippen LogP contribution >= 0.6 is 11.3 Å². The molecule has 27 heavy (non-hydrogen) atoms. The number of ether oxygens (including phenoxy) is 2. The minimum absolute atomic E-state index is 0.105. The fourth-order valence-electron chi connectivity index (χ4n) is 2.30. The molecule has 0 saturated heterocycles. The minimum Gasteiger partial charge on any atom is -0.459 e. The molecule has 0 aliphatic rings. The van der Waals surface area contributed by atoms with Gasteiger partial charge in [-0.1, -0.05) is 0 Å². The lowest BCUT2D eigenvalue weighted by Gasteiger charge is -2.10. The number of nitrogens with one attached hydrogen (secondary N) is 1. The molecular formula is C19H23NO6S. The first kappa shape index (κ1) is 20.7. The Morgan fingerprint density at radius 3 is 2.11 bits per heavy atom. The van der Waals surface area contributed by atoms with Crippen molar-refractivity contribution in [2.24, 2.45) is 0 Å². The number of anilines is 1. The van der Waals surface area contributed by atoms with Crippen LogP contribution < -0.4 is 5.32 Å². The second-order valence-electron chi connectivity index (χ2n) is 6.53. The average molecular weight is 393 g/mol. The van der Waals surface area contributed by atoms with Crippen molar-refractivity contribution in [2.45, 2.75) is 53.8 Å².